The normalized spacial score (nSPS) is 46.7. The molecule has 2 nitrogen and oxygen atoms in total. The van der Waals surface area contributed by atoms with Gasteiger partial charge in [0.15, 0.2) is 5.78 Å². The highest BCUT2D eigenvalue weighted by Crippen LogP contribution is 2.67. The molecule has 1 heterocycles. The van der Waals surface area contributed by atoms with Gasteiger partial charge in [-0.3, -0.25) is 4.79 Å². The van der Waals surface area contributed by atoms with Crippen molar-refractivity contribution in [1.29, 1.82) is 0 Å². The van der Waals surface area contributed by atoms with Crippen LogP contribution in [-0.2, 0) is 4.79 Å². The summed E-state index contributed by atoms with van der Waals surface area (Å²) in [6.07, 6.45) is 18.7. The predicted molar refractivity (Wildman–Crippen MR) is 124 cm³/mol. The first-order valence-corrected chi connectivity index (χ1v) is 13.0. The number of hydrogen-bond acceptors (Lipinski definition) is 2. The number of rotatable bonds is 2. The van der Waals surface area contributed by atoms with E-state index in [1.165, 1.54) is 69.9 Å². The predicted octanol–water partition coefficient (Wildman–Crippen LogP) is 6.91. The Morgan fingerprint density at radius 2 is 1.87 bits per heavy atom. The number of piperidine rings is 1. The molecule has 30 heavy (non-hydrogen) atoms. The Hall–Kier alpha value is -1.05. The van der Waals surface area contributed by atoms with Crippen LogP contribution < -0.4 is 0 Å². The van der Waals surface area contributed by atoms with Crippen molar-refractivity contribution < 1.29 is 4.79 Å². The van der Waals surface area contributed by atoms with Crippen molar-refractivity contribution in [2.45, 2.75) is 104 Å². The first-order valence-electron chi connectivity index (χ1n) is 13.0. The minimum Gasteiger partial charge on any atom is -0.375 e. The number of allylic oxidation sites excluding steroid dienone is 2. The fourth-order valence-electron chi connectivity index (χ4n) is 8.97. The second-order valence-electron chi connectivity index (χ2n) is 12.1. The van der Waals surface area contributed by atoms with Crippen LogP contribution in [0.1, 0.15) is 98.3 Å². The molecule has 0 aromatic heterocycles. The average Bonchev–Trinajstić information content (AvgIpc) is 3.07. The van der Waals surface area contributed by atoms with Gasteiger partial charge in [0.1, 0.15) is 0 Å². The molecule has 2 heteroatoms. The SMILES string of the molecule is C/C(=C\N1CCCCC1C)C1CCC2C3CCC4=CC(=O)CCC4(C)C3CCC12C. The van der Waals surface area contributed by atoms with Gasteiger partial charge in [0.05, 0.1) is 0 Å². The fraction of sp³-hybridized carbons (Fsp3) is 0.821. The van der Waals surface area contributed by atoms with Crippen molar-refractivity contribution in [3.8, 4) is 0 Å². The van der Waals surface area contributed by atoms with Crippen molar-refractivity contribution in [2.24, 2.45) is 34.5 Å². The highest BCUT2D eigenvalue weighted by molar-refractivity contribution is 5.91. The molecule has 7 atom stereocenters. The molecule has 0 bridgehead atoms. The van der Waals surface area contributed by atoms with E-state index in [0.717, 1.165) is 36.5 Å². The van der Waals surface area contributed by atoms with Gasteiger partial charge in [0.25, 0.3) is 0 Å². The molecule has 1 saturated heterocycles. The average molecular weight is 410 g/mol. The largest absolute Gasteiger partial charge is 0.375 e. The minimum absolute atomic E-state index is 0.310. The molecule has 0 amide bonds. The molecule has 0 aromatic rings. The number of likely N-dealkylation sites (tertiary alicyclic amines) is 1. The van der Waals surface area contributed by atoms with Crippen LogP contribution in [0.5, 0.6) is 0 Å². The van der Waals surface area contributed by atoms with Gasteiger partial charge in [0, 0.05) is 19.0 Å². The van der Waals surface area contributed by atoms with E-state index in [0.29, 0.717) is 22.7 Å². The van der Waals surface area contributed by atoms with Crippen LogP contribution in [0.2, 0.25) is 0 Å². The molecular weight excluding hydrogens is 366 g/mol. The number of nitrogens with zero attached hydrogens (tertiary/aromatic N) is 1. The quantitative estimate of drug-likeness (QED) is 0.494. The molecule has 0 aromatic carbocycles. The molecule has 1 aliphatic heterocycles. The van der Waals surface area contributed by atoms with Gasteiger partial charge in [-0.25, -0.2) is 0 Å². The summed E-state index contributed by atoms with van der Waals surface area (Å²) in [7, 11) is 0. The molecule has 0 N–H and O–H groups in total. The monoisotopic (exact) mass is 409 g/mol. The summed E-state index contributed by atoms with van der Waals surface area (Å²) in [5, 5.41) is 0. The van der Waals surface area contributed by atoms with Gasteiger partial charge in [-0.2, -0.15) is 0 Å². The minimum atomic E-state index is 0.310. The third kappa shape index (κ3) is 3.15. The molecule has 166 valence electrons. The van der Waals surface area contributed by atoms with Gasteiger partial charge in [-0.1, -0.05) is 25.0 Å². The molecule has 4 fully saturated rings. The number of ketones is 1. The summed E-state index contributed by atoms with van der Waals surface area (Å²) in [6, 6.07) is 0.715. The van der Waals surface area contributed by atoms with E-state index in [1.54, 1.807) is 5.57 Å². The zero-order valence-corrected chi connectivity index (χ0v) is 19.9. The maximum Gasteiger partial charge on any atom is 0.155 e. The lowest BCUT2D eigenvalue weighted by Crippen LogP contribution is -2.50. The maximum absolute atomic E-state index is 12.1. The highest BCUT2D eigenvalue weighted by Gasteiger charge is 2.59. The Morgan fingerprint density at radius 1 is 1.03 bits per heavy atom. The summed E-state index contributed by atoms with van der Waals surface area (Å²) < 4.78 is 0. The third-order valence-electron chi connectivity index (χ3n) is 10.7. The standard InChI is InChI=1S/C28H43NO/c1-19(18-29-16-6-5-7-20(29)2)24-10-11-25-23-9-8-21-17-22(30)12-14-27(21,3)26(23)13-15-28(24,25)4/h17-18,20,23-26H,5-16H2,1-4H3/b19-18+. The van der Waals surface area contributed by atoms with Crippen LogP contribution in [0.15, 0.2) is 23.4 Å². The van der Waals surface area contributed by atoms with Crippen molar-refractivity contribution in [2.75, 3.05) is 6.54 Å². The summed E-state index contributed by atoms with van der Waals surface area (Å²) in [5.41, 5.74) is 3.97. The third-order valence-corrected chi connectivity index (χ3v) is 10.7. The molecular formula is C28H43NO. The Morgan fingerprint density at radius 3 is 2.67 bits per heavy atom. The summed E-state index contributed by atoms with van der Waals surface area (Å²) in [6.45, 7) is 11.3. The topological polar surface area (TPSA) is 20.3 Å². The van der Waals surface area contributed by atoms with Gasteiger partial charge >= 0.3 is 0 Å². The van der Waals surface area contributed by atoms with E-state index in [1.807, 2.05) is 0 Å². The second-order valence-corrected chi connectivity index (χ2v) is 12.1. The van der Waals surface area contributed by atoms with Crippen LogP contribution >= 0.6 is 0 Å². The molecule has 5 aliphatic rings. The Balaban J connectivity index is 1.38. The molecule has 0 radical (unpaired) electrons. The molecule has 5 rings (SSSR count). The Bertz CT molecular complexity index is 765. The van der Waals surface area contributed by atoms with E-state index in [9.17, 15) is 4.79 Å². The van der Waals surface area contributed by atoms with Gasteiger partial charge in [0.2, 0.25) is 0 Å². The van der Waals surface area contributed by atoms with Crippen molar-refractivity contribution in [1.82, 2.24) is 4.90 Å². The van der Waals surface area contributed by atoms with E-state index < -0.39 is 0 Å². The van der Waals surface area contributed by atoms with E-state index in [-0.39, 0.29) is 0 Å². The maximum atomic E-state index is 12.1. The number of fused-ring (bicyclic) bond motifs is 5. The van der Waals surface area contributed by atoms with Gasteiger partial charge < -0.3 is 4.90 Å². The number of carbonyl (C=O) groups excluding carboxylic acids is 1. The first-order chi connectivity index (χ1) is 14.3. The zero-order valence-electron chi connectivity index (χ0n) is 19.9. The van der Waals surface area contributed by atoms with Crippen LogP contribution in [0.25, 0.3) is 0 Å². The smallest absolute Gasteiger partial charge is 0.155 e. The van der Waals surface area contributed by atoms with Crippen molar-refractivity contribution in [3.05, 3.63) is 23.4 Å². The summed E-state index contributed by atoms with van der Waals surface area (Å²) >= 11 is 0. The molecule has 3 saturated carbocycles. The molecule has 4 aliphatic carbocycles. The zero-order chi connectivity index (χ0) is 21.1. The van der Waals surface area contributed by atoms with Crippen LogP contribution in [-0.4, -0.2) is 23.3 Å². The van der Waals surface area contributed by atoms with E-state index in [4.69, 9.17) is 0 Å². The lowest BCUT2D eigenvalue weighted by atomic mass is 9.46. The van der Waals surface area contributed by atoms with Gasteiger partial charge in [-0.15, -0.1) is 0 Å². The Labute approximate surface area is 184 Å². The van der Waals surface area contributed by atoms with Crippen molar-refractivity contribution in [3.63, 3.8) is 0 Å². The Kier molecular flexibility index (Phi) is 5.22. The van der Waals surface area contributed by atoms with E-state index in [2.05, 4.69) is 44.9 Å². The number of carbonyl (C=O) groups is 1. The van der Waals surface area contributed by atoms with Crippen LogP contribution in [0.4, 0.5) is 0 Å². The van der Waals surface area contributed by atoms with Crippen LogP contribution in [0, 0.1) is 34.5 Å². The lowest BCUT2D eigenvalue weighted by Gasteiger charge is -2.58. The van der Waals surface area contributed by atoms with Gasteiger partial charge in [-0.05, 0) is 125 Å². The molecule has 0 spiro atoms. The second kappa shape index (κ2) is 7.52. The lowest BCUT2D eigenvalue weighted by molar-refractivity contribution is -0.117. The number of hydrogen-bond donors (Lipinski definition) is 0. The van der Waals surface area contributed by atoms with Crippen molar-refractivity contribution >= 4 is 5.78 Å². The van der Waals surface area contributed by atoms with Crippen LogP contribution in [0.3, 0.4) is 0 Å². The van der Waals surface area contributed by atoms with E-state index >= 15 is 0 Å². The first kappa shape index (κ1) is 20.8. The fourth-order valence-corrected chi connectivity index (χ4v) is 8.97. The molecule has 7 unspecified atom stereocenters. The highest BCUT2D eigenvalue weighted by atomic mass is 16.1. The summed E-state index contributed by atoms with van der Waals surface area (Å²) in [5.74, 6) is 3.74. The summed E-state index contributed by atoms with van der Waals surface area (Å²) in [4.78, 5) is 14.7.